The second kappa shape index (κ2) is 4.15. The van der Waals surface area contributed by atoms with Crippen LogP contribution in [0.1, 0.15) is 6.92 Å². The number of hydrogen-bond donors (Lipinski definition) is 2. The lowest BCUT2D eigenvalue weighted by molar-refractivity contribution is -0.247. The molecule has 0 bridgehead atoms. The van der Waals surface area contributed by atoms with Crippen LogP contribution in [-0.4, -0.2) is 48.2 Å². The van der Waals surface area contributed by atoms with Gasteiger partial charge >= 0.3 is 0 Å². The van der Waals surface area contributed by atoms with Crippen molar-refractivity contribution in [2.75, 3.05) is 13.7 Å². The minimum atomic E-state index is -1.16. The highest BCUT2D eigenvalue weighted by atomic mass is 16.7. The van der Waals surface area contributed by atoms with Crippen molar-refractivity contribution in [1.29, 1.82) is 0 Å². The summed E-state index contributed by atoms with van der Waals surface area (Å²) < 4.78 is 9.79. The van der Waals surface area contributed by atoms with E-state index in [9.17, 15) is 15.0 Å². The van der Waals surface area contributed by atoms with Gasteiger partial charge in [-0.2, -0.15) is 0 Å². The number of carbonyl (C=O) groups excluding carboxylic acids is 1. The second-order valence-corrected chi connectivity index (χ2v) is 3.14. The molecule has 0 radical (unpaired) electrons. The van der Waals surface area contributed by atoms with Gasteiger partial charge in [-0.3, -0.25) is 4.79 Å². The van der Waals surface area contributed by atoms with Crippen LogP contribution in [-0.2, 0) is 14.3 Å². The topological polar surface area (TPSA) is 76.0 Å². The molecule has 1 fully saturated rings. The van der Waals surface area contributed by atoms with Gasteiger partial charge in [0.05, 0.1) is 18.6 Å². The van der Waals surface area contributed by atoms with Gasteiger partial charge in [-0.05, 0) is 6.92 Å². The van der Waals surface area contributed by atoms with Gasteiger partial charge in [0.25, 0.3) is 0 Å². The Hall–Kier alpha value is -0.490. The maximum absolute atomic E-state index is 11.0. The molecule has 0 aromatic heterocycles. The minimum Gasteiger partial charge on any atom is -0.389 e. The van der Waals surface area contributed by atoms with Gasteiger partial charge in [0.2, 0.25) is 0 Å². The highest BCUT2D eigenvalue weighted by Crippen LogP contribution is 2.21. The van der Waals surface area contributed by atoms with Crippen LogP contribution < -0.4 is 0 Å². The van der Waals surface area contributed by atoms with Crippen molar-refractivity contribution >= 4 is 5.78 Å². The Kier molecular flexibility index (Phi) is 3.38. The van der Waals surface area contributed by atoms with Crippen molar-refractivity contribution in [3.63, 3.8) is 0 Å². The van der Waals surface area contributed by atoms with E-state index in [1.807, 2.05) is 0 Å². The summed E-state index contributed by atoms with van der Waals surface area (Å²) in [6, 6.07) is 0. The van der Waals surface area contributed by atoms with Crippen LogP contribution in [0, 0.1) is 5.92 Å². The first-order valence-electron chi connectivity index (χ1n) is 4.09. The van der Waals surface area contributed by atoms with Crippen LogP contribution in [0.25, 0.3) is 0 Å². The molecule has 1 heterocycles. The second-order valence-electron chi connectivity index (χ2n) is 3.14. The van der Waals surface area contributed by atoms with Gasteiger partial charge in [-0.25, -0.2) is 0 Å². The van der Waals surface area contributed by atoms with Crippen LogP contribution in [0.2, 0.25) is 0 Å². The Balaban J connectivity index is 2.64. The predicted octanol–water partition coefficient (Wildman–Crippen LogP) is -1.08. The molecule has 0 aromatic carbocycles. The monoisotopic (exact) mass is 190 g/mol. The highest BCUT2D eigenvalue weighted by Gasteiger charge is 2.40. The molecule has 2 N–H and O–H groups in total. The average Bonchev–Trinajstić information content (AvgIpc) is 2.09. The summed E-state index contributed by atoms with van der Waals surface area (Å²) in [5.41, 5.74) is 0. The summed E-state index contributed by atoms with van der Waals surface area (Å²) in [7, 11) is 1.37. The first kappa shape index (κ1) is 10.6. The molecule has 1 aliphatic rings. The van der Waals surface area contributed by atoms with E-state index in [2.05, 4.69) is 0 Å². The Morgan fingerprint density at radius 2 is 2.08 bits per heavy atom. The van der Waals surface area contributed by atoms with E-state index in [-0.39, 0.29) is 12.4 Å². The molecule has 0 saturated carbocycles. The van der Waals surface area contributed by atoms with Crippen LogP contribution in [0.3, 0.4) is 0 Å². The van der Waals surface area contributed by atoms with Gasteiger partial charge in [-0.15, -0.1) is 0 Å². The highest BCUT2D eigenvalue weighted by molar-refractivity contribution is 5.79. The van der Waals surface area contributed by atoms with Crippen LogP contribution in [0.15, 0.2) is 0 Å². The van der Waals surface area contributed by atoms with Crippen molar-refractivity contribution in [2.45, 2.75) is 25.4 Å². The number of rotatable bonds is 2. The van der Waals surface area contributed by atoms with Crippen molar-refractivity contribution in [3.05, 3.63) is 0 Å². The zero-order valence-corrected chi connectivity index (χ0v) is 7.64. The van der Waals surface area contributed by atoms with Crippen LogP contribution in [0.4, 0.5) is 0 Å². The molecule has 0 aliphatic carbocycles. The van der Waals surface area contributed by atoms with Gasteiger partial charge < -0.3 is 19.7 Å². The van der Waals surface area contributed by atoms with E-state index < -0.39 is 24.4 Å². The zero-order chi connectivity index (χ0) is 10.0. The number of hydrogen-bond acceptors (Lipinski definition) is 5. The maximum atomic E-state index is 11.0. The average molecular weight is 190 g/mol. The van der Waals surface area contributed by atoms with Crippen molar-refractivity contribution in [2.24, 2.45) is 5.92 Å². The van der Waals surface area contributed by atoms with Gasteiger partial charge in [-0.1, -0.05) is 0 Å². The van der Waals surface area contributed by atoms with Gasteiger partial charge in [0.15, 0.2) is 6.29 Å². The third-order valence-corrected chi connectivity index (χ3v) is 2.24. The fourth-order valence-corrected chi connectivity index (χ4v) is 1.36. The molecule has 1 aliphatic heterocycles. The summed E-state index contributed by atoms with van der Waals surface area (Å²) in [5, 5.41) is 18.9. The summed E-state index contributed by atoms with van der Waals surface area (Å²) in [6.45, 7) is 1.45. The Labute approximate surface area is 76.3 Å². The van der Waals surface area contributed by atoms with Crippen LogP contribution in [0.5, 0.6) is 0 Å². The fraction of sp³-hybridized carbons (Fsp3) is 0.875. The third-order valence-electron chi connectivity index (χ3n) is 2.24. The summed E-state index contributed by atoms with van der Waals surface area (Å²) in [4.78, 5) is 11.0. The molecule has 0 aromatic rings. The van der Waals surface area contributed by atoms with Crippen molar-refractivity contribution in [1.82, 2.24) is 0 Å². The molecule has 4 atom stereocenters. The molecule has 1 rings (SSSR count). The molecule has 5 nitrogen and oxygen atoms in total. The summed E-state index contributed by atoms with van der Waals surface area (Å²) >= 11 is 0. The number of methoxy groups -OCH3 is 1. The first-order chi connectivity index (χ1) is 6.07. The molecular weight excluding hydrogens is 176 g/mol. The van der Waals surface area contributed by atoms with E-state index in [1.165, 1.54) is 14.0 Å². The Morgan fingerprint density at radius 1 is 1.46 bits per heavy atom. The molecule has 0 amide bonds. The number of Topliss-reactive ketones (excluding diaryl/α,β-unsaturated/α-hetero) is 1. The minimum absolute atomic E-state index is 0.0894. The van der Waals surface area contributed by atoms with Crippen molar-refractivity contribution < 1.29 is 24.5 Å². The van der Waals surface area contributed by atoms with Gasteiger partial charge in [0, 0.05) is 7.11 Å². The lowest BCUT2D eigenvalue weighted by atomic mass is 9.92. The number of ether oxygens (including phenoxy) is 2. The smallest absolute Gasteiger partial charge is 0.185 e. The molecule has 76 valence electrons. The van der Waals surface area contributed by atoms with Crippen molar-refractivity contribution in [3.8, 4) is 0 Å². The van der Waals surface area contributed by atoms with E-state index in [0.29, 0.717) is 0 Å². The van der Waals surface area contributed by atoms with E-state index in [1.54, 1.807) is 0 Å². The molecule has 0 spiro atoms. The van der Waals surface area contributed by atoms with Crippen LogP contribution >= 0.6 is 0 Å². The maximum Gasteiger partial charge on any atom is 0.185 e. The standard InChI is InChI=1S/C8H14O5/c1-4(9)5-3-13-8(12-2)7(11)6(5)10/h5-8,10-11H,3H2,1-2H3/t5-,6-,7-,8+/m1/s1. The summed E-state index contributed by atoms with van der Waals surface area (Å²) in [6.07, 6.45) is -3.10. The number of carbonyl (C=O) groups is 1. The van der Waals surface area contributed by atoms with E-state index in [4.69, 9.17) is 9.47 Å². The van der Waals surface area contributed by atoms with E-state index >= 15 is 0 Å². The lowest BCUT2D eigenvalue weighted by Crippen LogP contribution is -2.52. The van der Waals surface area contributed by atoms with Gasteiger partial charge in [0.1, 0.15) is 11.9 Å². The zero-order valence-electron chi connectivity index (χ0n) is 7.64. The molecule has 13 heavy (non-hydrogen) atoms. The van der Waals surface area contributed by atoms with E-state index in [0.717, 1.165) is 0 Å². The molecule has 1 saturated heterocycles. The third kappa shape index (κ3) is 2.05. The lowest BCUT2D eigenvalue weighted by Gasteiger charge is -2.35. The largest absolute Gasteiger partial charge is 0.389 e. The SMILES string of the molecule is CO[C@H]1OC[C@H](C(C)=O)[C@@H](O)[C@H]1O. The Morgan fingerprint density at radius 3 is 2.54 bits per heavy atom. The predicted molar refractivity (Wildman–Crippen MR) is 42.9 cm³/mol. The molecular formula is C8H14O5. The molecule has 0 unspecified atom stereocenters. The quantitative estimate of drug-likeness (QED) is 0.579. The number of ketones is 1. The number of aliphatic hydroxyl groups is 2. The normalized spacial score (nSPS) is 40.3. The fourth-order valence-electron chi connectivity index (χ4n) is 1.36. The molecule has 5 heteroatoms. The Bertz CT molecular complexity index is 193. The first-order valence-corrected chi connectivity index (χ1v) is 4.09. The number of aliphatic hydroxyl groups excluding tert-OH is 2. The summed E-state index contributed by atoms with van der Waals surface area (Å²) in [5.74, 6) is -0.845.